The molecule has 4 rings (SSSR count). The lowest BCUT2D eigenvalue weighted by Gasteiger charge is -2.40. The predicted molar refractivity (Wildman–Crippen MR) is 134 cm³/mol. The van der Waals surface area contributed by atoms with Crippen molar-refractivity contribution in [2.75, 3.05) is 27.2 Å². The van der Waals surface area contributed by atoms with E-state index in [-0.39, 0.29) is 23.4 Å². The zero-order valence-corrected chi connectivity index (χ0v) is 21.2. The zero-order chi connectivity index (χ0) is 24.9. The van der Waals surface area contributed by atoms with Gasteiger partial charge in [-0.1, -0.05) is 24.3 Å². The fourth-order valence-electron chi connectivity index (χ4n) is 5.32. The second-order valence-corrected chi connectivity index (χ2v) is 9.77. The maximum absolute atomic E-state index is 14.6. The Labute approximate surface area is 207 Å². The molecule has 1 atom stereocenters. The number of likely N-dealkylation sites (N-methyl/N-ethyl adjacent to an activating group) is 1. The summed E-state index contributed by atoms with van der Waals surface area (Å²) in [6.45, 7) is 5.51. The number of benzene rings is 2. The van der Waals surface area contributed by atoms with E-state index in [1.165, 1.54) is 18.7 Å². The predicted octanol–water partition coefficient (Wildman–Crippen LogP) is 4.97. The maximum Gasteiger partial charge on any atom is 0.165 e. The van der Waals surface area contributed by atoms with Crippen molar-refractivity contribution in [2.24, 2.45) is 13.0 Å². The number of nitrogens with zero attached hydrogens (tertiary/aromatic N) is 4. The van der Waals surface area contributed by atoms with Crippen molar-refractivity contribution in [2.45, 2.75) is 45.3 Å². The van der Waals surface area contributed by atoms with Crippen molar-refractivity contribution in [3.05, 3.63) is 82.7 Å². The first-order valence-corrected chi connectivity index (χ1v) is 12.3. The van der Waals surface area contributed by atoms with Gasteiger partial charge in [0.2, 0.25) is 0 Å². The highest BCUT2D eigenvalue weighted by Crippen LogP contribution is 2.29. The fourth-order valence-corrected chi connectivity index (χ4v) is 5.32. The molecule has 1 aliphatic rings. The van der Waals surface area contributed by atoms with Crippen molar-refractivity contribution < 1.29 is 13.5 Å². The van der Waals surface area contributed by atoms with Gasteiger partial charge in [-0.05, 0) is 81.6 Å². The van der Waals surface area contributed by atoms with Crippen LogP contribution >= 0.6 is 0 Å². The van der Waals surface area contributed by atoms with E-state index in [4.69, 9.17) is 4.74 Å². The summed E-state index contributed by atoms with van der Waals surface area (Å²) in [4.78, 5) is 4.79. The first-order chi connectivity index (χ1) is 16.8. The van der Waals surface area contributed by atoms with E-state index in [1.54, 1.807) is 18.2 Å². The summed E-state index contributed by atoms with van der Waals surface area (Å²) in [6.07, 6.45) is 4.83. The van der Waals surface area contributed by atoms with E-state index in [0.29, 0.717) is 12.3 Å². The van der Waals surface area contributed by atoms with Crippen LogP contribution in [-0.2, 0) is 26.6 Å². The molecule has 5 nitrogen and oxygen atoms in total. The number of rotatable bonds is 9. The third-order valence-electron chi connectivity index (χ3n) is 7.29. The van der Waals surface area contributed by atoms with Gasteiger partial charge in [-0.3, -0.25) is 14.5 Å². The molecule has 1 aromatic heterocycles. The van der Waals surface area contributed by atoms with Crippen molar-refractivity contribution in [1.82, 2.24) is 19.6 Å². The van der Waals surface area contributed by atoms with E-state index in [9.17, 15) is 8.78 Å². The van der Waals surface area contributed by atoms with E-state index < -0.39 is 0 Å². The van der Waals surface area contributed by atoms with Gasteiger partial charge in [0.1, 0.15) is 5.82 Å². The highest BCUT2D eigenvalue weighted by Gasteiger charge is 2.30. The third kappa shape index (κ3) is 6.27. The van der Waals surface area contributed by atoms with Crippen molar-refractivity contribution >= 4 is 0 Å². The molecule has 3 aromatic rings. The number of hydrogen-bond donors (Lipinski definition) is 0. The van der Waals surface area contributed by atoms with Crippen molar-refractivity contribution in [1.29, 1.82) is 0 Å². The molecular formula is C28H36F2N4O. The lowest BCUT2D eigenvalue weighted by Crippen LogP contribution is -2.45. The highest BCUT2D eigenvalue weighted by molar-refractivity contribution is 5.30. The van der Waals surface area contributed by atoms with Crippen molar-refractivity contribution in [3.63, 3.8) is 0 Å². The Balaban J connectivity index is 1.45. The molecule has 2 heterocycles. The van der Waals surface area contributed by atoms with Crippen LogP contribution in [0.1, 0.15) is 35.2 Å². The minimum absolute atomic E-state index is 0.133. The smallest absolute Gasteiger partial charge is 0.165 e. The van der Waals surface area contributed by atoms with Gasteiger partial charge in [0.15, 0.2) is 11.6 Å². The van der Waals surface area contributed by atoms with Crippen molar-refractivity contribution in [3.8, 4) is 5.75 Å². The summed E-state index contributed by atoms with van der Waals surface area (Å²) in [5.74, 6) is 0.272. The Morgan fingerprint density at radius 2 is 1.83 bits per heavy atom. The Hall–Kier alpha value is -2.77. The van der Waals surface area contributed by atoms with Crippen LogP contribution in [0, 0.1) is 24.5 Å². The van der Waals surface area contributed by atoms with Gasteiger partial charge in [-0.2, -0.15) is 5.10 Å². The molecule has 35 heavy (non-hydrogen) atoms. The molecule has 0 spiro atoms. The molecule has 0 aliphatic carbocycles. The summed E-state index contributed by atoms with van der Waals surface area (Å²) in [5.41, 5.74) is 4.06. The zero-order valence-electron chi connectivity index (χ0n) is 21.2. The molecule has 2 aromatic carbocycles. The number of halogens is 2. The maximum atomic E-state index is 14.6. The number of hydrogen-bond acceptors (Lipinski definition) is 4. The van der Waals surface area contributed by atoms with Crippen LogP contribution in [0.15, 0.2) is 48.7 Å². The number of aromatic nitrogens is 2. The van der Waals surface area contributed by atoms with E-state index in [2.05, 4.69) is 28.1 Å². The Morgan fingerprint density at radius 3 is 2.49 bits per heavy atom. The first kappa shape index (κ1) is 25.3. The summed E-state index contributed by atoms with van der Waals surface area (Å²) in [5, 5.41) is 4.49. The molecule has 0 bridgehead atoms. The fraction of sp³-hybridized carbons (Fsp3) is 0.464. The lowest BCUT2D eigenvalue weighted by molar-refractivity contribution is 0.0948. The highest BCUT2D eigenvalue weighted by atomic mass is 19.1. The molecule has 0 saturated carbocycles. The van der Waals surface area contributed by atoms with Crippen LogP contribution in [0.25, 0.3) is 0 Å². The van der Waals surface area contributed by atoms with Crippen LogP contribution in [0.2, 0.25) is 0 Å². The second kappa shape index (κ2) is 11.3. The summed E-state index contributed by atoms with van der Waals surface area (Å²) in [7, 11) is 5.59. The summed E-state index contributed by atoms with van der Waals surface area (Å²) < 4.78 is 35.4. The summed E-state index contributed by atoms with van der Waals surface area (Å²) >= 11 is 0. The average Bonchev–Trinajstić information content (AvgIpc) is 3.16. The largest absolute Gasteiger partial charge is 0.494 e. The van der Waals surface area contributed by atoms with E-state index in [0.717, 1.165) is 55.8 Å². The number of aryl methyl sites for hydroxylation is 2. The van der Waals surface area contributed by atoms with E-state index in [1.807, 2.05) is 36.9 Å². The van der Waals surface area contributed by atoms with Crippen LogP contribution in [0.5, 0.6) is 5.75 Å². The normalized spacial score (nSPS) is 16.1. The number of methoxy groups -OCH3 is 1. The lowest BCUT2D eigenvalue weighted by atomic mass is 9.84. The molecule has 0 N–H and O–H groups in total. The molecule has 188 valence electrons. The second-order valence-electron chi connectivity index (χ2n) is 9.77. The van der Waals surface area contributed by atoms with Crippen LogP contribution in [0.4, 0.5) is 8.78 Å². The van der Waals surface area contributed by atoms with Crippen LogP contribution in [0.3, 0.4) is 0 Å². The van der Waals surface area contributed by atoms with Crippen LogP contribution < -0.4 is 4.74 Å². The molecule has 0 unspecified atom stereocenters. The monoisotopic (exact) mass is 482 g/mol. The SMILES string of the molecule is COc1cc(CN2CCC([C@@H](Cc3ccccc3F)N(C)Cc3cn(C)nc3C)CC2)ccc1F. The van der Waals surface area contributed by atoms with E-state index >= 15 is 0 Å². The first-order valence-electron chi connectivity index (χ1n) is 12.3. The number of ether oxygens (including phenoxy) is 1. The van der Waals surface area contributed by atoms with Gasteiger partial charge in [0.05, 0.1) is 12.8 Å². The van der Waals surface area contributed by atoms with Gasteiger partial charge in [-0.15, -0.1) is 0 Å². The Kier molecular flexibility index (Phi) is 8.19. The number of piperidine rings is 1. The van der Waals surface area contributed by atoms with Gasteiger partial charge >= 0.3 is 0 Å². The molecule has 1 fully saturated rings. The minimum Gasteiger partial charge on any atom is -0.494 e. The molecule has 7 heteroatoms. The van der Waals surface area contributed by atoms with Gasteiger partial charge in [-0.25, -0.2) is 8.78 Å². The standard InChI is InChI=1S/C28H36F2N4O/c1-20-24(19-33(3)31-20)18-32(2)27(16-23-7-5-6-8-25(23)29)22-11-13-34(14-12-22)17-21-9-10-26(30)28(15-21)35-4/h5-10,15,19,22,27H,11-14,16-18H2,1-4H3/t27-/m1/s1. The van der Waals surface area contributed by atoms with Gasteiger partial charge < -0.3 is 4.74 Å². The Bertz CT molecular complexity index is 1120. The topological polar surface area (TPSA) is 33.5 Å². The third-order valence-corrected chi connectivity index (χ3v) is 7.29. The molecule has 1 saturated heterocycles. The molecule has 0 radical (unpaired) electrons. The van der Waals surface area contributed by atoms with Gasteiger partial charge in [0, 0.05) is 37.9 Å². The Morgan fingerprint density at radius 1 is 1.09 bits per heavy atom. The van der Waals surface area contributed by atoms with Crippen LogP contribution in [-0.4, -0.2) is 52.9 Å². The van der Waals surface area contributed by atoms with Gasteiger partial charge in [0.25, 0.3) is 0 Å². The quantitative estimate of drug-likeness (QED) is 0.431. The molecule has 1 aliphatic heterocycles. The average molecular weight is 483 g/mol. The minimum atomic E-state index is -0.335. The number of likely N-dealkylation sites (tertiary alicyclic amines) is 1. The molecular weight excluding hydrogens is 446 g/mol. The summed E-state index contributed by atoms with van der Waals surface area (Å²) in [6, 6.07) is 12.4. The molecule has 0 amide bonds.